The van der Waals surface area contributed by atoms with Gasteiger partial charge in [0.1, 0.15) is 6.61 Å². The molecule has 2 amide bonds. The maximum Gasteiger partial charge on any atom is 0.284 e. The first-order valence-electron chi connectivity index (χ1n) is 9.79. The number of benzene rings is 3. The van der Waals surface area contributed by atoms with Gasteiger partial charge in [-0.15, -0.1) is 0 Å². The number of para-hydroxylation sites is 2. The molecule has 0 fully saturated rings. The van der Waals surface area contributed by atoms with Crippen LogP contribution in [0, 0.1) is 0 Å². The zero-order valence-corrected chi connectivity index (χ0v) is 16.9. The molecule has 3 aromatic rings. The van der Waals surface area contributed by atoms with Gasteiger partial charge in [-0.3, -0.25) is 9.59 Å². The average Bonchev–Trinajstić information content (AvgIpc) is 2.82. The van der Waals surface area contributed by atoms with Crippen LogP contribution in [0.4, 0.5) is 5.69 Å². The molecule has 0 unspecified atom stereocenters. The average molecular weight is 415 g/mol. The van der Waals surface area contributed by atoms with Crippen molar-refractivity contribution in [2.75, 3.05) is 11.9 Å². The zero-order valence-electron chi connectivity index (χ0n) is 16.9. The molecule has 1 atom stereocenters. The van der Waals surface area contributed by atoms with Crippen LogP contribution in [-0.4, -0.2) is 30.2 Å². The van der Waals surface area contributed by atoms with Crippen molar-refractivity contribution in [1.29, 1.82) is 0 Å². The lowest BCUT2D eigenvalue weighted by Crippen LogP contribution is -2.42. The lowest BCUT2D eigenvalue weighted by molar-refractivity contribution is -0.130. The number of hydrogen-bond donors (Lipinski definition) is 2. The van der Waals surface area contributed by atoms with Gasteiger partial charge in [-0.1, -0.05) is 42.5 Å². The summed E-state index contributed by atoms with van der Waals surface area (Å²) in [6.07, 6.45) is -0.789. The molecule has 1 heterocycles. The van der Waals surface area contributed by atoms with Crippen LogP contribution in [0.2, 0.25) is 0 Å². The van der Waals surface area contributed by atoms with E-state index in [0.29, 0.717) is 28.5 Å². The Morgan fingerprint density at radius 1 is 0.903 bits per heavy atom. The Bertz CT molecular complexity index is 1130. The quantitative estimate of drug-likeness (QED) is 0.492. The lowest BCUT2D eigenvalue weighted by Gasteiger charge is -2.24. The van der Waals surface area contributed by atoms with E-state index >= 15 is 0 Å². The van der Waals surface area contributed by atoms with Gasteiger partial charge in [-0.05, 0) is 48.9 Å². The van der Waals surface area contributed by atoms with Crippen molar-refractivity contribution in [3.63, 3.8) is 0 Å². The molecule has 7 heteroatoms. The van der Waals surface area contributed by atoms with E-state index in [1.807, 2.05) is 42.5 Å². The molecule has 0 aliphatic carbocycles. The van der Waals surface area contributed by atoms with Crippen LogP contribution in [0.15, 0.2) is 84.0 Å². The smallest absolute Gasteiger partial charge is 0.284 e. The Kier molecular flexibility index (Phi) is 5.93. The number of nitrogens with one attached hydrogen (secondary N) is 2. The first kappa shape index (κ1) is 20.2. The summed E-state index contributed by atoms with van der Waals surface area (Å²) in [6.45, 7) is 1.88. The number of ether oxygens (including phenoxy) is 2. The van der Waals surface area contributed by atoms with Crippen LogP contribution < -0.4 is 20.2 Å². The van der Waals surface area contributed by atoms with Crippen molar-refractivity contribution in [2.45, 2.75) is 13.0 Å². The Labute approximate surface area is 179 Å². The highest BCUT2D eigenvalue weighted by Crippen LogP contribution is 2.30. The Morgan fingerprint density at radius 3 is 2.42 bits per heavy atom. The fourth-order valence-electron chi connectivity index (χ4n) is 3.04. The molecule has 156 valence electrons. The largest absolute Gasteiger partial charge is 0.485 e. The van der Waals surface area contributed by atoms with E-state index in [1.54, 1.807) is 43.3 Å². The molecule has 4 rings (SSSR count). The second-order valence-electron chi connectivity index (χ2n) is 6.94. The first-order valence-corrected chi connectivity index (χ1v) is 9.79. The number of carbonyl (C=O) groups is 2. The number of anilines is 1. The minimum Gasteiger partial charge on any atom is -0.485 e. The van der Waals surface area contributed by atoms with E-state index in [2.05, 4.69) is 15.8 Å². The summed E-state index contributed by atoms with van der Waals surface area (Å²) in [5.74, 6) is 0.537. The highest BCUT2D eigenvalue weighted by Gasteiger charge is 2.27. The van der Waals surface area contributed by atoms with Crippen molar-refractivity contribution < 1.29 is 19.1 Å². The summed E-state index contributed by atoms with van der Waals surface area (Å²) >= 11 is 0. The van der Waals surface area contributed by atoms with Crippen molar-refractivity contribution in [1.82, 2.24) is 5.43 Å². The van der Waals surface area contributed by atoms with Crippen molar-refractivity contribution in [2.24, 2.45) is 5.10 Å². The molecule has 0 saturated heterocycles. The topological polar surface area (TPSA) is 89.0 Å². The molecule has 2 N–H and O–H groups in total. The first-order chi connectivity index (χ1) is 15.1. The normalized spacial score (nSPS) is 15.1. The van der Waals surface area contributed by atoms with Crippen molar-refractivity contribution in [3.8, 4) is 11.5 Å². The summed E-state index contributed by atoms with van der Waals surface area (Å²) in [4.78, 5) is 24.8. The second kappa shape index (κ2) is 9.13. The molecule has 1 aliphatic rings. The lowest BCUT2D eigenvalue weighted by atomic mass is 10.1. The van der Waals surface area contributed by atoms with Gasteiger partial charge in [0, 0.05) is 11.3 Å². The van der Waals surface area contributed by atoms with E-state index in [4.69, 9.17) is 9.47 Å². The molecule has 0 radical (unpaired) electrons. The summed E-state index contributed by atoms with van der Waals surface area (Å²) in [7, 11) is 0. The van der Waals surface area contributed by atoms with E-state index in [1.165, 1.54) is 0 Å². The van der Waals surface area contributed by atoms with Gasteiger partial charge in [0.25, 0.3) is 11.8 Å². The van der Waals surface area contributed by atoms with Crippen molar-refractivity contribution in [3.05, 3.63) is 90.0 Å². The summed E-state index contributed by atoms with van der Waals surface area (Å²) in [6, 6.07) is 23.4. The van der Waals surface area contributed by atoms with Crippen LogP contribution in [-0.2, 0) is 4.79 Å². The van der Waals surface area contributed by atoms with Crippen LogP contribution in [0.25, 0.3) is 0 Å². The van der Waals surface area contributed by atoms with Gasteiger partial charge < -0.3 is 14.8 Å². The van der Waals surface area contributed by atoms with Crippen molar-refractivity contribution >= 4 is 23.2 Å². The highest BCUT2D eigenvalue weighted by molar-refractivity contribution is 6.05. The number of hydrogen-bond acceptors (Lipinski definition) is 5. The fraction of sp³-hybridized carbons (Fsp3) is 0.125. The zero-order chi connectivity index (χ0) is 21.6. The van der Waals surface area contributed by atoms with Crippen LogP contribution in [0.1, 0.15) is 22.8 Å². The molecule has 3 aromatic carbocycles. The van der Waals surface area contributed by atoms with Gasteiger partial charge in [-0.25, -0.2) is 5.43 Å². The summed E-state index contributed by atoms with van der Waals surface area (Å²) < 4.78 is 11.2. The van der Waals surface area contributed by atoms with E-state index in [-0.39, 0.29) is 12.5 Å². The fourth-order valence-corrected chi connectivity index (χ4v) is 3.04. The standard InChI is InChI=1S/C24H21N3O4/c1-16(26-27-24(29)22-15-30-20-12-5-6-13-21(20)31-22)18-10-7-11-19(14-18)25-23(28)17-8-3-2-4-9-17/h2-14,22H,15H2,1H3,(H,25,28)(H,27,29)/b26-16-/t22-/m1/s1. The Hall–Kier alpha value is -4.13. The molecule has 0 saturated carbocycles. The number of nitrogens with zero attached hydrogens (tertiary/aromatic N) is 1. The van der Waals surface area contributed by atoms with Gasteiger partial charge in [0.15, 0.2) is 11.5 Å². The Morgan fingerprint density at radius 2 is 1.61 bits per heavy atom. The van der Waals surface area contributed by atoms with Crippen LogP contribution in [0.3, 0.4) is 0 Å². The van der Waals surface area contributed by atoms with Gasteiger partial charge in [0.2, 0.25) is 6.10 Å². The predicted octanol–water partition coefficient (Wildman–Crippen LogP) is 3.62. The molecule has 0 spiro atoms. The molecule has 31 heavy (non-hydrogen) atoms. The molecular weight excluding hydrogens is 394 g/mol. The Balaban J connectivity index is 1.39. The molecule has 1 aliphatic heterocycles. The van der Waals surface area contributed by atoms with E-state index in [9.17, 15) is 9.59 Å². The van der Waals surface area contributed by atoms with Crippen LogP contribution in [0.5, 0.6) is 11.5 Å². The van der Waals surface area contributed by atoms with Gasteiger partial charge >= 0.3 is 0 Å². The number of amides is 2. The van der Waals surface area contributed by atoms with Gasteiger partial charge in [0.05, 0.1) is 5.71 Å². The third-order valence-corrected chi connectivity index (χ3v) is 4.71. The summed E-state index contributed by atoms with van der Waals surface area (Å²) in [5, 5.41) is 7.03. The SMILES string of the molecule is C/C(=N/NC(=O)[C@H]1COc2ccccc2O1)c1cccc(NC(=O)c2ccccc2)c1. The predicted molar refractivity (Wildman–Crippen MR) is 118 cm³/mol. The minimum atomic E-state index is -0.789. The third kappa shape index (κ3) is 4.90. The number of fused-ring (bicyclic) bond motifs is 1. The monoisotopic (exact) mass is 415 g/mol. The number of rotatable bonds is 5. The molecule has 0 bridgehead atoms. The summed E-state index contributed by atoms with van der Waals surface area (Å²) in [5.41, 5.74) is 5.07. The highest BCUT2D eigenvalue weighted by atomic mass is 16.6. The molecule has 0 aromatic heterocycles. The molecule has 7 nitrogen and oxygen atoms in total. The van der Waals surface area contributed by atoms with Gasteiger partial charge in [-0.2, -0.15) is 5.10 Å². The number of carbonyl (C=O) groups excluding carboxylic acids is 2. The third-order valence-electron chi connectivity index (χ3n) is 4.71. The van der Waals surface area contributed by atoms with Crippen LogP contribution >= 0.6 is 0 Å². The second-order valence-corrected chi connectivity index (χ2v) is 6.94. The molecular formula is C24H21N3O4. The maximum atomic E-state index is 12.4. The maximum absolute atomic E-state index is 12.4. The van der Waals surface area contributed by atoms with E-state index in [0.717, 1.165) is 5.56 Å². The number of hydrazone groups is 1. The minimum absolute atomic E-state index is 0.110. The van der Waals surface area contributed by atoms with E-state index < -0.39 is 12.0 Å².